The van der Waals surface area contributed by atoms with E-state index in [0.29, 0.717) is 23.6 Å². The standard InChI is InChI=1S/C30H30N4O3/c1-20-10-13-24(16-21(20)2)34-28(35)27-17-26(23-11-14-25(37-4)15-12-23)32-33(27)19-30(34,3)29(36)31-18-22-8-6-5-7-9-22/h5-17H,18-19H2,1-4H3,(H,31,36)/t30-/m1/s1. The maximum atomic E-state index is 14.0. The van der Waals surface area contributed by atoms with Crippen LogP contribution in [0.5, 0.6) is 5.75 Å². The summed E-state index contributed by atoms with van der Waals surface area (Å²) in [6.07, 6.45) is 0. The van der Waals surface area contributed by atoms with Crippen molar-refractivity contribution in [1.29, 1.82) is 0 Å². The van der Waals surface area contributed by atoms with E-state index >= 15 is 0 Å². The summed E-state index contributed by atoms with van der Waals surface area (Å²) in [7, 11) is 1.62. The molecule has 0 fully saturated rings. The predicted molar refractivity (Wildman–Crippen MR) is 144 cm³/mol. The molecule has 2 amide bonds. The number of hydrogen-bond donors (Lipinski definition) is 1. The normalized spacial score (nSPS) is 16.9. The largest absolute Gasteiger partial charge is 0.497 e. The number of ether oxygens (including phenoxy) is 1. The fraction of sp³-hybridized carbons (Fsp3) is 0.233. The number of carbonyl (C=O) groups excluding carboxylic acids is 2. The number of benzene rings is 3. The van der Waals surface area contributed by atoms with Crippen molar-refractivity contribution in [3.05, 3.63) is 101 Å². The van der Waals surface area contributed by atoms with E-state index in [1.54, 1.807) is 29.7 Å². The van der Waals surface area contributed by atoms with E-state index in [-0.39, 0.29) is 18.4 Å². The van der Waals surface area contributed by atoms with Crippen LogP contribution in [0.25, 0.3) is 11.3 Å². The zero-order valence-corrected chi connectivity index (χ0v) is 21.5. The average molecular weight is 495 g/mol. The molecule has 0 saturated heterocycles. The molecule has 0 unspecified atom stereocenters. The van der Waals surface area contributed by atoms with E-state index in [9.17, 15) is 9.59 Å². The average Bonchev–Trinajstić information content (AvgIpc) is 3.34. The third-order valence-corrected chi connectivity index (χ3v) is 7.07. The van der Waals surface area contributed by atoms with Gasteiger partial charge in [0.05, 0.1) is 19.3 Å². The zero-order valence-electron chi connectivity index (χ0n) is 21.5. The van der Waals surface area contributed by atoms with Gasteiger partial charge < -0.3 is 10.1 Å². The minimum Gasteiger partial charge on any atom is -0.497 e. The number of hydrogen-bond acceptors (Lipinski definition) is 4. The molecule has 4 aromatic rings. The first kappa shape index (κ1) is 24.3. The second kappa shape index (κ2) is 9.58. The van der Waals surface area contributed by atoms with Crippen molar-refractivity contribution < 1.29 is 14.3 Å². The number of nitrogens with one attached hydrogen (secondary N) is 1. The maximum absolute atomic E-state index is 14.0. The summed E-state index contributed by atoms with van der Waals surface area (Å²) in [4.78, 5) is 29.4. The molecular formula is C30H30N4O3. The van der Waals surface area contributed by atoms with Gasteiger partial charge in [0.1, 0.15) is 17.0 Å². The van der Waals surface area contributed by atoms with E-state index in [4.69, 9.17) is 9.84 Å². The molecule has 1 aliphatic heterocycles. The Morgan fingerprint density at radius 1 is 1.00 bits per heavy atom. The molecule has 1 N–H and O–H groups in total. The Labute approximate surface area is 216 Å². The van der Waals surface area contributed by atoms with E-state index in [1.165, 1.54) is 0 Å². The number of aryl methyl sites for hydroxylation is 2. The van der Waals surface area contributed by atoms with Crippen LogP contribution in [0, 0.1) is 13.8 Å². The second-order valence-corrected chi connectivity index (χ2v) is 9.65. The van der Waals surface area contributed by atoms with Crippen LogP contribution < -0.4 is 15.0 Å². The van der Waals surface area contributed by atoms with Crippen LogP contribution in [-0.4, -0.2) is 34.2 Å². The summed E-state index contributed by atoms with van der Waals surface area (Å²) >= 11 is 0. The molecular weight excluding hydrogens is 464 g/mol. The van der Waals surface area contributed by atoms with Crippen molar-refractivity contribution in [2.75, 3.05) is 12.0 Å². The first-order valence-electron chi connectivity index (χ1n) is 12.3. The van der Waals surface area contributed by atoms with Gasteiger partial charge in [0.25, 0.3) is 5.91 Å². The molecule has 37 heavy (non-hydrogen) atoms. The molecule has 7 nitrogen and oxygen atoms in total. The minimum absolute atomic E-state index is 0.220. The molecule has 1 aliphatic rings. The topological polar surface area (TPSA) is 76.5 Å². The fourth-order valence-corrected chi connectivity index (χ4v) is 4.72. The SMILES string of the molecule is COc1ccc(-c2cc3n(n2)C[C@](C)(C(=O)NCc2ccccc2)N(c2ccc(C)c(C)c2)C3=O)cc1. The molecule has 3 aromatic carbocycles. The maximum Gasteiger partial charge on any atom is 0.277 e. The van der Waals surface area contributed by atoms with Crippen molar-refractivity contribution in [3.8, 4) is 17.0 Å². The third kappa shape index (κ3) is 4.48. The lowest BCUT2D eigenvalue weighted by Crippen LogP contribution is -2.64. The van der Waals surface area contributed by atoms with Gasteiger partial charge >= 0.3 is 0 Å². The Bertz CT molecular complexity index is 1460. The summed E-state index contributed by atoms with van der Waals surface area (Å²) in [6, 6.07) is 24.9. The molecule has 1 atom stereocenters. The molecule has 5 rings (SSSR count). The Kier molecular flexibility index (Phi) is 6.29. The number of nitrogens with zero attached hydrogens (tertiary/aromatic N) is 3. The van der Waals surface area contributed by atoms with Gasteiger partial charge in [-0.25, -0.2) is 0 Å². The Morgan fingerprint density at radius 3 is 2.41 bits per heavy atom. The van der Waals surface area contributed by atoms with Crippen LogP contribution in [-0.2, 0) is 17.9 Å². The second-order valence-electron chi connectivity index (χ2n) is 9.65. The molecule has 188 valence electrons. The van der Waals surface area contributed by atoms with Gasteiger partial charge in [-0.15, -0.1) is 0 Å². The summed E-state index contributed by atoms with van der Waals surface area (Å²) in [5.74, 6) is 0.238. The van der Waals surface area contributed by atoms with E-state index in [2.05, 4.69) is 5.32 Å². The number of rotatable bonds is 6. The summed E-state index contributed by atoms with van der Waals surface area (Å²) in [5.41, 5.74) is 4.63. The van der Waals surface area contributed by atoms with Crippen molar-refractivity contribution in [2.45, 2.75) is 39.4 Å². The molecule has 2 heterocycles. The zero-order chi connectivity index (χ0) is 26.2. The van der Waals surface area contributed by atoms with Crippen LogP contribution in [0.2, 0.25) is 0 Å². The monoisotopic (exact) mass is 494 g/mol. The molecule has 0 saturated carbocycles. The smallest absolute Gasteiger partial charge is 0.277 e. The predicted octanol–water partition coefficient (Wildman–Crippen LogP) is 4.91. The summed E-state index contributed by atoms with van der Waals surface area (Å²) in [5, 5.41) is 7.78. The molecule has 7 heteroatoms. The Balaban J connectivity index is 1.55. The van der Waals surface area contributed by atoms with Gasteiger partial charge in [-0.05, 0) is 79.9 Å². The number of methoxy groups -OCH3 is 1. The number of fused-ring (bicyclic) bond motifs is 1. The van der Waals surface area contributed by atoms with Gasteiger partial charge in [0.2, 0.25) is 5.91 Å². The lowest BCUT2D eigenvalue weighted by molar-refractivity contribution is -0.126. The highest BCUT2D eigenvalue weighted by Crippen LogP contribution is 2.35. The third-order valence-electron chi connectivity index (χ3n) is 7.07. The fourth-order valence-electron chi connectivity index (χ4n) is 4.72. The highest BCUT2D eigenvalue weighted by atomic mass is 16.5. The first-order valence-corrected chi connectivity index (χ1v) is 12.3. The van der Waals surface area contributed by atoms with Crippen LogP contribution >= 0.6 is 0 Å². The van der Waals surface area contributed by atoms with E-state index in [0.717, 1.165) is 28.0 Å². The highest BCUT2D eigenvalue weighted by molar-refractivity contribution is 6.12. The summed E-state index contributed by atoms with van der Waals surface area (Å²) in [6.45, 7) is 6.42. The molecule has 1 aromatic heterocycles. The van der Waals surface area contributed by atoms with Crippen LogP contribution in [0.4, 0.5) is 5.69 Å². The van der Waals surface area contributed by atoms with E-state index < -0.39 is 5.54 Å². The van der Waals surface area contributed by atoms with Gasteiger partial charge in [0, 0.05) is 17.8 Å². The van der Waals surface area contributed by atoms with Crippen molar-refractivity contribution in [2.24, 2.45) is 0 Å². The number of aromatic nitrogens is 2. The van der Waals surface area contributed by atoms with Crippen LogP contribution in [0.3, 0.4) is 0 Å². The number of carbonyl (C=O) groups is 2. The van der Waals surface area contributed by atoms with E-state index in [1.807, 2.05) is 86.6 Å². The van der Waals surface area contributed by atoms with Gasteiger partial charge in [-0.3, -0.25) is 19.2 Å². The van der Waals surface area contributed by atoms with Crippen molar-refractivity contribution in [3.63, 3.8) is 0 Å². The molecule has 0 bridgehead atoms. The minimum atomic E-state index is -1.19. The van der Waals surface area contributed by atoms with Crippen LogP contribution in [0.1, 0.15) is 34.1 Å². The summed E-state index contributed by atoms with van der Waals surface area (Å²) < 4.78 is 6.92. The molecule has 0 radical (unpaired) electrons. The molecule has 0 aliphatic carbocycles. The van der Waals surface area contributed by atoms with Crippen LogP contribution in [0.15, 0.2) is 78.9 Å². The van der Waals surface area contributed by atoms with Gasteiger partial charge in [-0.2, -0.15) is 5.10 Å². The van der Waals surface area contributed by atoms with Gasteiger partial charge in [-0.1, -0.05) is 36.4 Å². The van der Waals surface area contributed by atoms with Crippen molar-refractivity contribution in [1.82, 2.24) is 15.1 Å². The number of amides is 2. The first-order chi connectivity index (χ1) is 17.8. The lowest BCUT2D eigenvalue weighted by atomic mass is 9.93. The Morgan fingerprint density at radius 2 is 1.73 bits per heavy atom. The lowest BCUT2D eigenvalue weighted by Gasteiger charge is -2.43. The Hall–Kier alpha value is -4.39. The quantitative estimate of drug-likeness (QED) is 0.413. The van der Waals surface area contributed by atoms with Crippen molar-refractivity contribution >= 4 is 17.5 Å². The number of anilines is 1. The van der Waals surface area contributed by atoms with Gasteiger partial charge in [0.15, 0.2) is 0 Å². The highest BCUT2D eigenvalue weighted by Gasteiger charge is 2.49. The molecule has 0 spiro atoms.